The van der Waals surface area contributed by atoms with Crippen molar-refractivity contribution in [3.05, 3.63) is 53.9 Å². The lowest BCUT2D eigenvalue weighted by Crippen LogP contribution is -2.28. The molecule has 2 heterocycles. The molecule has 0 radical (unpaired) electrons. The maximum Gasteiger partial charge on any atom is 0.0534 e. The number of benzene rings is 1. The molecule has 108 valence electrons. The van der Waals surface area contributed by atoms with Crippen LogP contribution in [0.15, 0.2) is 42.7 Å². The van der Waals surface area contributed by atoms with Crippen LogP contribution >= 0.6 is 12.4 Å². The lowest BCUT2D eigenvalue weighted by atomic mass is 9.95. The van der Waals surface area contributed by atoms with Crippen LogP contribution in [0.4, 0.5) is 0 Å². The van der Waals surface area contributed by atoms with E-state index < -0.39 is 0 Å². The first-order valence-corrected chi connectivity index (χ1v) is 6.73. The van der Waals surface area contributed by atoms with Gasteiger partial charge in [0.15, 0.2) is 0 Å². The molecule has 1 aliphatic rings. The molecule has 0 bridgehead atoms. The number of nitrogens with zero attached hydrogens (tertiary/aromatic N) is 3. The van der Waals surface area contributed by atoms with Crippen LogP contribution in [0.3, 0.4) is 0 Å². The van der Waals surface area contributed by atoms with Crippen molar-refractivity contribution < 1.29 is 0 Å². The summed E-state index contributed by atoms with van der Waals surface area (Å²) < 4.78 is 1.85. The summed E-state index contributed by atoms with van der Waals surface area (Å²) in [6, 6.07) is 10.8. The summed E-state index contributed by atoms with van der Waals surface area (Å²) in [5.41, 5.74) is 8.90. The van der Waals surface area contributed by atoms with Gasteiger partial charge in [-0.3, -0.25) is 9.58 Å². The van der Waals surface area contributed by atoms with E-state index in [-0.39, 0.29) is 18.4 Å². The lowest BCUT2D eigenvalue weighted by molar-refractivity contribution is 0.323. The van der Waals surface area contributed by atoms with Crippen molar-refractivity contribution in [3.63, 3.8) is 0 Å². The third kappa shape index (κ3) is 3.20. The van der Waals surface area contributed by atoms with Gasteiger partial charge in [-0.05, 0) is 5.56 Å². The first-order valence-electron chi connectivity index (χ1n) is 6.73. The molecule has 0 spiro atoms. The monoisotopic (exact) mass is 292 g/mol. The van der Waals surface area contributed by atoms with Gasteiger partial charge in [0.1, 0.15) is 0 Å². The summed E-state index contributed by atoms with van der Waals surface area (Å²) >= 11 is 0. The van der Waals surface area contributed by atoms with Gasteiger partial charge in [-0.1, -0.05) is 30.3 Å². The number of hydrogen-bond acceptors (Lipinski definition) is 3. The quantitative estimate of drug-likeness (QED) is 0.938. The number of halogens is 1. The molecule has 2 atom stereocenters. The molecule has 2 N–H and O–H groups in total. The van der Waals surface area contributed by atoms with Crippen molar-refractivity contribution >= 4 is 12.4 Å². The van der Waals surface area contributed by atoms with Crippen LogP contribution in [0.25, 0.3) is 0 Å². The Hall–Kier alpha value is -1.36. The molecule has 0 amide bonds. The smallest absolute Gasteiger partial charge is 0.0534 e. The summed E-state index contributed by atoms with van der Waals surface area (Å²) in [6.45, 7) is 2.92. The minimum absolute atomic E-state index is 0. The zero-order chi connectivity index (χ0) is 13.2. The van der Waals surface area contributed by atoms with Crippen LogP contribution in [0.2, 0.25) is 0 Å². The van der Waals surface area contributed by atoms with Crippen molar-refractivity contribution in [2.75, 3.05) is 13.1 Å². The second-order valence-corrected chi connectivity index (χ2v) is 5.40. The molecule has 1 aromatic carbocycles. The fourth-order valence-corrected chi connectivity index (χ4v) is 2.91. The molecule has 1 aromatic heterocycles. The summed E-state index contributed by atoms with van der Waals surface area (Å²) in [5.74, 6) is 0.442. The summed E-state index contributed by atoms with van der Waals surface area (Å²) in [7, 11) is 1.95. The van der Waals surface area contributed by atoms with Crippen LogP contribution in [-0.4, -0.2) is 33.8 Å². The van der Waals surface area contributed by atoms with E-state index in [1.807, 2.05) is 17.9 Å². The zero-order valence-electron chi connectivity index (χ0n) is 11.6. The minimum atomic E-state index is 0. The van der Waals surface area contributed by atoms with Gasteiger partial charge in [0.25, 0.3) is 0 Å². The second kappa shape index (κ2) is 6.39. The topological polar surface area (TPSA) is 47.1 Å². The summed E-state index contributed by atoms with van der Waals surface area (Å²) in [6.07, 6.45) is 4.00. The third-order valence-corrected chi connectivity index (χ3v) is 3.83. The number of aryl methyl sites for hydroxylation is 1. The molecule has 4 nitrogen and oxygen atoms in total. The predicted molar refractivity (Wildman–Crippen MR) is 82.9 cm³/mol. The number of rotatable bonds is 3. The van der Waals surface area contributed by atoms with Crippen molar-refractivity contribution in [2.45, 2.75) is 18.5 Å². The first kappa shape index (κ1) is 15.0. The molecule has 0 saturated carbocycles. The standard InChI is InChI=1S/C15H20N4.ClH/c1-18-8-12(7-17-18)9-19-10-14(15(16)11-19)13-5-3-2-4-6-13;/h2-8,14-15H,9-11,16H2,1H3;1H/t14-,15+;/m0./s1. The molecule has 0 unspecified atom stereocenters. The van der Waals surface area contributed by atoms with Gasteiger partial charge in [-0.15, -0.1) is 12.4 Å². The largest absolute Gasteiger partial charge is 0.326 e. The Bertz CT molecular complexity index is 540. The van der Waals surface area contributed by atoms with Gasteiger partial charge in [0.05, 0.1) is 6.20 Å². The minimum Gasteiger partial charge on any atom is -0.326 e. The molecule has 5 heteroatoms. The Balaban J connectivity index is 0.00000147. The van der Waals surface area contributed by atoms with E-state index in [1.54, 1.807) is 0 Å². The molecule has 1 saturated heterocycles. The second-order valence-electron chi connectivity index (χ2n) is 5.40. The summed E-state index contributed by atoms with van der Waals surface area (Å²) in [4.78, 5) is 2.42. The van der Waals surface area contributed by atoms with Gasteiger partial charge in [-0.2, -0.15) is 5.10 Å². The maximum atomic E-state index is 6.30. The van der Waals surface area contributed by atoms with E-state index in [0.29, 0.717) is 5.92 Å². The van der Waals surface area contributed by atoms with E-state index in [4.69, 9.17) is 5.73 Å². The summed E-state index contributed by atoms with van der Waals surface area (Å²) in [5, 5.41) is 4.21. The van der Waals surface area contributed by atoms with Gasteiger partial charge < -0.3 is 5.73 Å². The molecular weight excluding hydrogens is 272 g/mol. The van der Waals surface area contributed by atoms with Gasteiger partial charge in [-0.25, -0.2) is 0 Å². The van der Waals surface area contributed by atoms with Crippen LogP contribution in [-0.2, 0) is 13.6 Å². The lowest BCUT2D eigenvalue weighted by Gasteiger charge is -2.15. The Kier molecular flexibility index (Phi) is 4.81. The fourth-order valence-electron chi connectivity index (χ4n) is 2.91. The average Bonchev–Trinajstić information content (AvgIpc) is 2.97. The maximum absolute atomic E-state index is 6.30. The Morgan fingerprint density at radius 2 is 2.00 bits per heavy atom. The molecule has 1 fully saturated rings. The van der Waals surface area contributed by atoms with E-state index in [2.05, 4.69) is 46.5 Å². The fraction of sp³-hybridized carbons (Fsp3) is 0.400. The predicted octanol–water partition coefficient (Wildman–Crippen LogP) is 1.77. The van der Waals surface area contributed by atoms with Crippen LogP contribution in [0.1, 0.15) is 17.0 Å². The van der Waals surface area contributed by atoms with Gasteiger partial charge >= 0.3 is 0 Å². The van der Waals surface area contributed by atoms with Crippen LogP contribution < -0.4 is 5.73 Å². The Morgan fingerprint density at radius 3 is 2.65 bits per heavy atom. The first-order chi connectivity index (χ1) is 9.22. The number of aromatic nitrogens is 2. The van der Waals surface area contributed by atoms with Crippen molar-refractivity contribution in [1.29, 1.82) is 0 Å². The molecule has 2 aromatic rings. The zero-order valence-corrected chi connectivity index (χ0v) is 12.5. The van der Waals surface area contributed by atoms with Crippen molar-refractivity contribution in [2.24, 2.45) is 12.8 Å². The SMILES string of the molecule is Cl.Cn1cc(CN2C[C@@H](N)[C@H](c3ccccc3)C2)cn1. The van der Waals surface area contributed by atoms with E-state index >= 15 is 0 Å². The molecule has 20 heavy (non-hydrogen) atoms. The highest BCUT2D eigenvalue weighted by Crippen LogP contribution is 2.27. The Morgan fingerprint density at radius 1 is 1.25 bits per heavy atom. The van der Waals surface area contributed by atoms with Gasteiger partial charge in [0, 0.05) is 50.4 Å². The number of likely N-dealkylation sites (tertiary alicyclic amines) is 1. The van der Waals surface area contributed by atoms with Crippen molar-refractivity contribution in [3.8, 4) is 0 Å². The van der Waals surface area contributed by atoms with E-state index in [0.717, 1.165) is 19.6 Å². The Labute approximate surface area is 126 Å². The highest BCUT2D eigenvalue weighted by Gasteiger charge is 2.31. The molecular formula is C15H21ClN4. The van der Waals surface area contributed by atoms with Gasteiger partial charge in [0.2, 0.25) is 0 Å². The molecule has 3 rings (SSSR count). The molecule has 0 aliphatic carbocycles. The van der Waals surface area contributed by atoms with Crippen LogP contribution in [0.5, 0.6) is 0 Å². The van der Waals surface area contributed by atoms with E-state index in [9.17, 15) is 0 Å². The third-order valence-electron chi connectivity index (χ3n) is 3.83. The highest BCUT2D eigenvalue weighted by atomic mass is 35.5. The average molecular weight is 293 g/mol. The van der Waals surface area contributed by atoms with Crippen LogP contribution in [0, 0.1) is 0 Å². The normalized spacial score (nSPS) is 22.7. The highest BCUT2D eigenvalue weighted by molar-refractivity contribution is 5.85. The number of hydrogen-bond donors (Lipinski definition) is 1. The molecule has 1 aliphatic heterocycles. The number of nitrogens with two attached hydrogens (primary N) is 1. The van der Waals surface area contributed by atoms with E-state index in [1.165, 1.54) is 11.1 Å². The van der Waals surface area contributed by atoms with Crippen molar-refractivity contribution in [1.82, 2.24) is 14.7 Å².